The van der Waals surface area contributed by atoms with Crippen LogP contribution in [0.25, 0.3) is 0 Å². The van der Waals surface area contributed by atoms with E-state index in [0.717, 1.165) is 6.61 Å². The molecule has 10 heavy (non-hydrogen) atoms. The van der Waals surface area contributed by atoms with Crippen LogP contribution in [0.2, 0.25) is 0 Å². The van der Waals surface area contributed by atoms with Gasteiger partial charge in [0, 0.05) is 12.4 Å². The first-order valence-electron chi connectivity index (χ1n) is 4.13. The fraction of sp³-hybridized carbons (Fsp3) is 1.00. The molecule has 0 aliphatic carbocycles. The molecule has 0 aromatic heterocycles. The van der Waals surface area contributed by atoms with Crippen molar-refractivity contribution in [1.82, 2.24) is 0 Å². The predicted octanol–water partition coefficient (Wildman–Crippen LogP) is 2.31. The summed E-state index contributed by atoms with van der Waals surface area (Å²) in [5.74, 6) is 2.43. The molecule has 0 N–H and O–H groups in total. The zero-order valence-electron chi connectivity index (χ0n) is 6.64. The van der Waals surface area contributed by atoms with Gasteiger partial charge in [0.1, 0.15) is 0 Å². The fourth-order valence-corrected chi connectivity index (χ4v) is 1.95. The van der Waals surface area contributed by atoms with E-state index in [0.29, 0.717) is 6.10 Å². The third kappa shape index (κ3) is 2.93. The summed E-state index contributed by atoms with van der Waals surface area (Å²) in [7, 11) is 0. The van der Waals surface area contributed by atoms with Crippen LogP contribution < -0.4 is 0 Å². The molecule has 1 aliphatic heterocycles. The van der Waals surface area contributed by atoms with Crippen molar-refractivity contribution in [1.29, 1.82) is 0 Å². The molecule has 0 aromatic rings. The second-order valence-electron chi connectivity index (χ2n) is 2.65. The van der Waals surface area contributed by atoms with Gasteiger partial charge in [-0.25, -0.2) is 0 Å². The molecule has 0 bridgehead atoms. The summed E-state index contributed by atoms with van der Waals surface area (Å²) in [4.78, 5) is 0. The largest absolute Gasteiger partial charge is 0.377 e. The lowest BCUT2D eigenvalue weighted by Gasteiger charge is -2.21. The van der Waals surface area contributed by atoms with Crippen molar-refractivity contribution >= 4 is 11.8 Å². The second kappa shape index (κ2) is 5.03. The highest BCUT2D eigenvalue weighted by Crippen LogP contribution is 2.16. The van der Waals surface area contributed by atoms with Crippen molar-refractivity contribution < 1.29 is 4.74 Å². The summed E-state index contributed by atoms with van der Waals surface area (Å²) in [5, 5.41) is 0. The Balaban J connectivity index is 2.02. The van der Waals surface area contributed by atoms with Crippen LogP contribution in [0.3, 0.4) is 0 Å². The number of ether oxygens (including phenoxy) is 1. The van der Waals surface area contributed by atoms with Gasteiger partial charge in [-0.2, -0.15) is 11.8 Å². The van der Waals surface area contributed by atoms with Gasteiger partial charge in [-0.05, 0) is 25.0 Å². The van der Waals surface area contributed by atoms with Crippen molar-refractivity contribution in [3.63, 3.8) is 0 Å². The Morgan fingerprint density at radius 2 is 2.40 bits per heavy atom. The number of thioether (sulfide) groups is 1. The monoisotopic (exact) mass is 160 g/mol. The molecule has 0 saturated carbocycles. The van der Waals surface area contributed by atoms with E-state index in [1.54, 1.807) is 0 Å². The van der Waals surface area contributed by atoms with Crippen molar-refractivity contribution in [2.45, 2.75) is 32.3 Å². The minimum atomic E-state index is 0.568. The summed E-state index contributed by atoms with van der Waals surface area (Å²) in [5.41, 5.74) is 0. The number of hydrogen-bond acceptors (Lipinski definition) is 2. The molecule has 0 aromatic carbocycles. The molecule has 60 valence electrons. The second-order valence-corrected chi connectivity index (χ2v) is 3.97. The van der Waals surface area contributed by atoms with Crippen LogP contribution in [0.1, 0.15) is 26.2 Å². The number of rotatable bonds is 3. The molecule has 0 radical (unpaired) electrons. The van der Waals surface area contributed by atoms with E-state index in [1.807, 2.05) is 11.8 Å². The van der Waals surface area contributed by atoms with Crippen molar-refractivity contribution in [3.8, 4) is 0 Å². The molecule has 1 saturated heterocycles. The van der Waals surface area contributed by atoms with Gasteiger partial charge in [-0.15, -0.1) is 0 Å². The van der Waals surface area contributed by atoms with Crippen LogP contribution >= 0.6 is 11.8 Å². The zero-order chi connectivity index (χ0) is 7.23. The average molecular weight is 160 g/mol. The minimum Gasteiger partial charge on any atom is -0.377 e. The van der Waals surface area contributed by atoms with Gasteiger partial charge in [0.05, 0.1) is 6.10 Å². The van der Waals surface area contributed by atoms with E-state index >= 15 is 0 Å². The van der Waals surface area contributed by atoms with E-state index < -0.39 is 0 Å². The van der Waals surface area contributed by atoms with Crippen LogP contribution in [0.15, 0.2) is 0 Å². The molecule has 1 rings (SSSR count). The molecule has 1 atom stereocenters. The van der Waals surface area contributed by atoms with E-state index in [1.165, 1.54) is 30.8 Å². The zero-order valence-corrected chi connectivity index (χ0v) is 7.45. The van der Waals surface area contributed by atoms with Gasteiger partial charge < -0.3 is 4.74 Å². The Morgan fingerprint density at radius 3 is 3.00 bits per heavy atom. The molecular formula is C8H16OS. The third-order valence-electron chi connectivity index (χ3n) is 1.78. The lowest BCUT2D eigenvalue weighted by molar-refractivity contribution is 0.0315. The SMILES string of the molecule is CCSC[C@H]1CCCCO1. The highest BCUT2D eigenvalue weighted by molar-refractivity contribution is 7.99. The quantitative estimate of drug-likeness (QED) is 0.626. The van der Waals surface area contributed by atoms with Gasteiger partial charge in [0.2, 0.25) is 0 Å². The first-order valence-corrected chi connectivity index (χ1v) is 5.28. The molecule has 1 nitrogen and oxygen atoms in total. The summed E-state index contributed by atoms with van der Waals surface area (Å²) >= 11 is 1.99. The summed E-state index contributed by atoms with van der Waals surface area (Å²) in [6.07, 6.45) is 4.49. The average Bonchev–Trinajstić information content (AvgIpc) is 2.03. The van der Waals surface area contributed by atoms with Gasteiger partial charge >= 0.3 is 0 Å². The Bertz CT molecular complexity index is 79.3. The first kappa shape index (κ1) is 8.41. The molecule has 0 amide bonds. The smallest absolute Gasteiger partial charge is 0.0665 e. The van der Waals surface area contributed by atoms with Crippen LogP contribution in [-0.2, 0) is 4.74 Å². The van der Waals surface area contributed by atoms with Crippen LogP contribution in [0.5, 0.6) is 0 Å². The van der Waals surface area contributed by atoms with Gasteiger partial charge in [-0.3, -0.25) is 0 Å². The maximum absolute atomic E-state index is 5.56. The molecule has 1 heterocycles. The maximum atomic E-state index is 5.56. The van der Waals surface area contributed by atoms with Crippen LogP contribution in [-0.4, -0.2) is 24.2 Å². The molecule has 2 heteroatoms. The van der Waals surface area contributed by atoms with E-state index in [4.69, 9.17) is 4.74 Å². The predicted molar refractivity (Wildman–Crippen MR) is 46.6 cm³/mol. The van der Waals surface area contributed by atoms with Crippen molar-refractivity contribution in [3.05, 3.63) is 0 Å². The molecule has 0 unspecified atom stereocenters. The topological polar surface area (TPSA) is 9.23 Å². The van der Waals surface area contributed by atoms with E-state index in [9.17, 15) is 0 Å². The Morgan fingerprint density at radius 1 is 1.50 bits per heavy atom. The summed E-state index contributed by atoms with van der Waals surface area (Å²) in [6, 6.07) is 0. The van der Waals surface area contributed by atoms with Crippen LogP contribution in [0.4, 0.5) is 0 Å². The fourth-order valence-electron chi connectivity index (χ4n) is 1.19. The summed E-state index contributed by atoms with van der Waals surface area (Å²) in [6.45, 7) is 3.20. The van der Waals surface area contributed by atoms with Gasteiger partial charge in [0.25, 0.3) is 0 Å². The normalized spacial score (nSPS) is 26.7. The third-order valence-corrected chi connectivity index (χ3v) is 2.80. The molecule has 0 spiro atoms. The highest BCUT2D eigenvalue weighted by Gasteiger charge is 2.12. The van der Waals surface area contributed by atoms with Crippen molar-refractivity contribution in [2.24, 2.45) is 0 Å². The first-order chi connectivity index (χ1) is 4.93. The lowest BCUT2D eigenvalue weighted by atomic mass is 10.1. The number of hydrogen-bond donors (Lipinski definition) is 0. The Labute approximate surface area is 67.5 Å². The summed E-state index contributed by atoms with van der Waals surface area (Å²) < 4.78 is 5.56. The van der Waals surface area contributed by atoms with Crippen LogP contribution in [0, 0.1) is 0 Å². The lowest BCUT2D eigenvalue weighted by Crippen LogP contribution is -2.21. The molecule has 1 fully saturated rings. The Kier molecular flexibility index (Phi) is 4.23. The minimum absolute atomic E-state index is 0.568. The standard InChI is InChI=1S/C8H16OS/c1-2-10-7-8-5-3-4-6-9-8/h8H,2-7H2,1H3/t8-/m1/s1. The van der Waals surface area contributed by atoms with Gasteiger partial charge in [0.15, 0.2) is 0 Å². The van der Waals surface area contributed by atoms with Gasteiger partial charge in [-0.1, -0.05) is 6.92 Å². The molecule has 1 aliphatic rings. The maximum Gasteiger partial charge on any atom is 0.0665 e. The molecular weight excluding hydrogens is 144 g/mol. The van der Waals surface area contributed by atoms with Crippen molar-refractivity contribution in [2.75, 3.05) is 18.1 Å². The highest BCUT2D eigenvalue weighted by atomic mass is 32.2. The van der Waals surface area contributed by atoms with E-state index in [2.05, 4.69) is 6.92 Å². The Hall–Kier alpha value is 0.310. The van der Waals surface area contributed by atoms with E-state index in [-0.39, 0.29) is 0 Å².